The Morgan fingerprint density at radius 1 is 1.31 bits per heavy atom. The van der Waals surface area contributed by atoms with Crippen LogP contribution >= 0.6 is 0 Å². The molecule has 1 saturated carbocycles. The first kappa shape index (κ1) is 8.76. The molecule has 0 saturated heterocycles. The van der Waals surface area contributed by atoms with Crippen molar-refractivity contribution in [1.82, 2.24) is 0 Å². The summed E-state index contributed by atoms with van der Waals surface area (Å²) < 4.78 is 0. The van der Waals surface area contributed by atoms with Crippen LogP contribution < -0.4 is 5.73 Å². The van der Waals surface area contributed by atoms with Crippen molar-refractivity contribution in [2.75, 3.05) is 0 Å². The van der Waals surface area contributed by atoms with Crippen molar-refractivity contribution >= 4 is 0 Å². The summed E-state index contributed by atoms with van der Waals surface area (Å²) >= 11 is 0. The molecule has 1 fully saturated rings. The summed E-state index contributed by atoms with van der Waals surface area (Å²) in [4.78, 5) is 0. The maximum Gasteiger partial charge on any atom is 0.0326 e. The summed E-state index contributed by atoms with van der Waals surface area (Å²) in [5.74, 6) is 0.737. The molecule has 1 aliphatic carbocycles. The number of hydrogen-bond donors (Lipinski definition) is 1. The maximum atomic E-state index is 6.20. The Morgan fingerprint density at radius 3 is 2.54 bits per heavy atom. The Hall–Kier alpha value is -0.820. The summed E-state index contributed by atoms with van der Waals surface area (Å²) in [6, 6.07) is 8.74. The van der Waals surface area contributed by atoms with Crippen LogP contribution in [0.15, 0.2) is 24.3 Å². The van der Waals surface area contributed by atoms with E-state index in [0.29, 0.717) is 0 Å². The van der Waals surface area contributed by atoms with Crippen molar-refractivity contribution in [2.45, 2.75) is 32.2 Å². The summed E-state index contributed by atoms with van der Waals surface area (Å²) in [7, 11) is 0. The van der Waals surface area contributed by atoms with Gasteiger partial charge < -0.3 is 5.73 Å². The van der Waals surface area contributed by atoms with Gasteiger partial charge in [0, 0.05) is 6.04 Å². The molecule has 2 N–H and O–H groups in total. The molecule has 0 aliphatic heterocycles. The monoisotopic (exact) mass is 175 g/mol. The van der Waals surface area contributed by atoms with E-state index in [2.05, 4.69) is 31.2 Å². The van der Waals surface area contributed by atoms with Crippen molar-refractivity contribution < 1.29 is 0 Å². The molecule has 1 aromatic carbocycles. The molecule has 0 amide bonds. The smallest absolute Gasteiger partial charge is 0.0326 e. The van der Waals surface area contributed by atoms with Gasteiger partial charge in [-0.3, -0.25) is 0 Å². The minimum Gasteiger partial charge on any atom is -0.324 e. The standard InChI is InChI=1S/C12H17N/c1-9-5-2-3-8-11(9)12(13)10-6-4-7-10/h2-3,5,8,10,12H,4,6-7,13H2,1H3/t12-/m1/s1. The largest absolute Gasteiger partial charge is 0.324 e. The van der Waals surface area contributed by atoms with E-state index in [0.717, 1.165) is 5.92 Å². The third kappa shape index (κ3) is 1.61. The van der Waals surface area contributed by atoms with Crippen molar-refractivity contribution in [3.8, 4) is 0 Å². The highest BCUT2D eigenvalue weighted by Gasteiger charge is 2.25. The third-order valence-corrected chi connectivity index (χ3v) is 3.21. The van der Waals surface area contributed by atoms with Crippen LogP contribution in [0.5, 0.6) is 0 Å². The topological polar surface area (TPSA) is 26.0 Å². The second kappa shape index (κ2) is 3.51. The molecule has 0 heterocycles. The van der Waals surface area contributed by atoms with Crippen LogP contribution in [0.1, 0.15) is 36.4 Å². The van der Waals surface area contributed by atoms with Crippen molar-refractivity contribution in [1.29, 1.82) is 0 Å². The summed E-state index contributed by atoms with van der Waals surface area (Å²) in [6.07, 6.45) is 4.00. The summed E-state index contributed by atoms with van der Waals surface area (Å²) in [6.45, 7) is 2.15. The van der Waals surface area contributed by atoms with Gasteiger partial charge in [0.1, 0.15) is 0 Å². The van der Waals surface area contributed by atoms with Crippen LogP contribution in [0.3, 0.4) is 0 Å². The molecule has 70 valence electrons. The number of benzene rings is 1. The molecule has 13 heavy (non-hydrogen) atoms. The van der Waals surface area contributed by atoms with Gasteiger partial charge in [-0.05, 0) is 36.8 Å². The zero-order valence-corrected chi connectivity index (χ0v) is 8.16. The second-order valence-corrected chi connectivity index (χ2v) is 4.07. The highest BCUT2D eigenvalue weighted by atomic mass is 14.7. The lowest BCUT2D eigenvalue weighted by atomic mass is 9.77. The first-order valence-electron chi connectivity index (χ1n) is 5.10. The minimum atomic E-state index is 0.273. The fourth-order valence-corrected chi connectivity index (χ4v) is 2.01. The van der Waals surface area contributed by atoms with Crippen LogP contribution in [0.25, 0.3) is 0 Å². The van der Waals surface area contributed by atoms with E-state index >= 15 is 0 Å². The molecule has 1 heteroatoms. The quantitative estimate of drug-likeness (QED) is 0.735. The molecule has 0 aromatic heterocycles. The fraction of sp³-hybridized carbons (Fsp3) is 0.500. The van der Waals surface area contributed by atoms with Crippen LogP contribution in [0.4, 0.5) is 0 Å². The Labute approximate surface area is 80.0 Å². The highest BCUT2D eigenvalue weighted by Crippen LogP contribution is 2.36. The highest BCUT2D eigenvalue weighted by molar-refractivity contribution is 5.29. The second-order valence-electron chi connectivity index (χ2n) is 4.07. The van der Waals surface area contributed by atoms with Gasteiger partial charge in [0.25, 0.3) is 0 Å². The average Bonchev–Trinajstić information content (AvgIpc) is 2.01. The average molecular weight is 175 g/mol. The predicted molar refractivity (Wildman–Crippen MR) is 55.4 cm³/mol. The minimum absolute atomic E-state index is 0.273. The lowest BCUT2D eigenvalue weighted by molar-refractivity contribution is 0.264. The van der Waals surface area contributed by atoms with Gasteiger partial charge in [-0.15, -0.1) is 0 Å². The molecule has 1 atom stereocenters. The number of aryl methyl sites for hydroxylation is 1. The van der Waals surface area contributed by atoms with Gasteiger partial charge in [0.05, 0.1) is 0 Å². The zero-order valence-electron chi connectivity index (χ0n) is 8.16. The molecule has 1 nitrogen and oxygen atoms in total. The lowest BCUT2D eigenvalue weighted by Gasteiger charge is -2.32. The Balaban J connectivity index is 2.18. The maximum absolute atomic E-state index is 6.20. The van der Waals surface area contributed by atoms with Gasteiger partial charge in [-0.1, -0.05) is 30.7 Å². The molecule has 2 rings (SSSR count). The molecular formula is C12H17N. The third-order valence-electron chi connectivity index (χ3n) is 3.21. The summed E-state index contributed by atoms with van der Waals surface area (Å²) in [5, 5.41) is 0. The first-order chi connectivity index (χ1) is 6.29. The van der Waals surface area contributed by atoms with E-state index in [4.69, 9.17) is 5.73 Å². The van der Waals surface area contributed by atoms with Crippen molar-refractivity contribution in [2.24, 2.45) is 11.7 Å². The Kier molecular flexibility index (Phi) is 2.36. The fourth-order valence-electron chi connectivity index (χ4n) is 2.01. The van der Waals surface area contributed by atoms with Gasteiger partial charge in [-0.25, -0.2) is 0 Å². The molecule has 1 aliphatic rings. The number of nitrogens with two attached hydrogens (primary N) is 1. The molecular weight excluding hydrogens is 158 g/mol. The van der Waals surface area contributed by atoms with Crippen molar-refractivity contribution in [3.63, 3.8) is 0 Å². The van der Waals surface area contributed by atoms with Crippen LogP contribution in [0, 0.1) is 12.8 Å². The van der Waals surface area contributed by atoms with E-state index < -0.39 is 0 Å². The lowest BCUT2D eigenvalue weighted by Crippen LogP contribution is -2.27. The van der Waals surface area contributed by atoms with Crippen molar-refractivity contribution in [3.05, 3.63) is 35.4 Å². The van der Waals surface area contributed by atoms with E-state index in [1.807, 2.05) is 0 Å². The molecule has 0 spiro atoms. The Morgan fingerprint density at radius 2 is 2.00 bits per heavy atom. The van der Waals surface area contributed by atoms with E-state index in [1.165, 1.54) is 30.4 Å². The predicted octanol–water partition coefficient (Wildman–Crippen LogP) is 2.79. The first-order valence-corrected chi connectivity index (χ1v) is 5.10. The van der Waals surface area contributed by atoms with E-state index in [9.17, 15) is 0 Å². The number of hydrogen-bond acceptors (Lipinski definition) is 1. The van der Waals surface area contributed by atoms with Gasteiger partial charge in [0.2, 0.25) is 0 Å². The molecule has 0 radical (unpaired) electrons. The molecule has 0 bridgehead atoms. The SMILES string of the molecule is Cc1ccccc1[C@H](N)C1CCC1. The van der Waals surface area contributed by atoms with Crippen LogP contribution in [-0.4, -0.2) is 0 Å². The van der Waals surface area contributed by atoms with Gasteiger partial charge in [-0.2, -0.15) is 0 Å². The molecule has 0 unspecified atom stereocenters. The molecule has 1 aromatic rings. The number of rotatable bonds is 2. The van der Waals surface area contributed by atoms with Gasteiger partial charge >= 0.3 is 0 Å². The van der Waals surface area contributed by atoms with Crippen LogP contribution in [0.2, 0.25) is 0 Å². The Bertz CT molecular complexity index is 289. The normalized spacial score (nSPS) is 19.5. The van der Waals surface area contributed by atoms with E-state index in [-0.39, 0.29) is 6.04 Å². The van der Waals surface area contributed by atoms with E-state index in [1.54, 1.807) is 0 Å². The van der Waals surface area contributed by atoms with Gasteiger partial charge in [0.15, 0.2) is 0 Å². The van der Waals surface area contributed by atoms with Crippen LogP contribution in [-0.2, 0) is 0 Å². The zero-order chi connectivity index (χ0) is 9.26. The summed E-state index contributed by atoms with van der Waals surface area (Å²) in [5.41, 5.74) is 8.88.